The Balaban J connectivity index is 2.20. The second-order valence-corrected chi connectivity index (χ2v) is 5.41. The minimum absolute atomic E-state index is 0.0509. The molecular formula is C13H17NO3S. The number of hydrogen-bond acceptors (Lipinski definition) is 3. The van der Waals surface area contributed by atoms with Gasteiger partial charge in [-0.2, -0.15) is 0 Å². The maximum Gasteiger partial charge on any atom is 0.304 e. The Bertz CT molecular complexity index is 394. The van der Waals surface area contributed by atoms with Crippen molar-refractivity contribution >= 4 is 23.6 Å². The van der Waals surface area contributed by atoms with Crippen LogP contribution in [0.15, 0.2) is 30.3 Å². The Morgan fingerprint density at radius 3 is 2.61 bits per heavy atom. The summed E-state index contributed by atoms with van der Waals surface area (Å²) in [6, 6.07) is 9.66. The molecule has 18 heavy (non-hydrogen) atoms. The molecule has 1 rings (SSSR count). The number of rotatable bonds is 7. The summed E-state index contributed by atoms with van der Waals surface area (Å²) in [6.45, 7) is 2.32. The lowest BCUT2D eigenvalue weighted by Crippen LogP contribution is -2.25. The Morgan fingerprint density at radius 2 is 2.00 bits per heavy atom. The predicted molar refractivity (Wildman–Crippen MR) is 72.5 cm³/mol. The number of carboxylic acid groups (broad SMARTS) is 1. The summed E-state index contributed by atoms with van der Waals surface area (Å²) in [5.74, 6) is -0.609. The lowest BCUT2D eigenvalue weighted by Gasteiger charge is -2.09. The topological polar surface area (TPSA) is 66.4 Å². The molecule has 0 aromatic heterocycles. The summed E-state index contributed by atoms with van der Waals surface area (Å²) >= 11 is 1.36. The molecule has 0 aliphatic rings. The van der Waals surface area contributed by atoms with Gasteiger partial charge in [-0.3, -0.25) is 9.59 Å². The molecule has 1 aromatic rings. The fraction of sp³-hybridized carbons (Fsp3) is 0.385. The van der Waals surface area contributed by atoms with E-state index in [9.17, 15) is 9.59 Å². The molecule has 0 aliphatic heterocycles. The number of amides is 1. The number of thioether (sulfide) groups is 1. The molecule has 0 saturated heterocycles. The fourth-order valence-corrected chi connectivity index (χ4v) is 2.17. The Kier molecular flexibility index (Phi) is 6.28. The van der Waals surface area contributed by atoms with E-state index in [1.54, 1.807) is 0 Å². The van der Waals surface area contributed by atoms with E-state index in [1.165, 1.54) is 11.8 Å². The van der Waals surface area contributed by atoms with Gasteiger partial charge < -0.3 is 10.4 Å². The van der Waals surface area contributed by atoms with Crippen molar-refractivity contribution < 1.29 is 14.7 Å². The van der Waals surface area contributed by atoms with Crippen molar-refractivity contribution in [3.8, 4) is 0 Å². The number of carboxylic acids is 1. The van der Waals surface area contributed by atoms with Crippen molar-refractivity contribution in [3.05, 3.63) is 35.9 Å². The Hall–Kier alpha value is -1.49. The highest BCUT2D eigenvalue weighted by Crippen LogP contribution is 2.13. The van der Waals surface area contributed by atoms with Gasteiger partial charge in [0.05, 0.1) is 12.2 Å². The Labute approximate surface area is 111 Å². The van der Waals surface area contributed by atoms with Gasteiger partial charge in [-0.1, -0.05) is 37.3 Å². The number of hydrogen-bond donors (Lipinski definition) is 2. The first-order valence-electron chi connectivity index (χ1n) is 5.72. The second-order valence-electron chi connectivity index (χ2n) is 3.98. The van der Waals surface area contributed by atoms with Crippen LogP contribution in [-0.4, -0.2) is 28.0 Å². The lowest BCUT2D eigenvalue weighted by atomic mass is 10.2. The SMILES string of the molecule is CC(CC(=O)O)SCC(=O)NCc1ccccc1. The van der Waals surface area contributed by atoms with E-state index in [0.29, 0.717) is 12.3 Å². The summed E-state index contributed by atoms with van der Waals surface area (Å²) in [4.78, 5) is 22.0. The summed E-state index contributed by atoms with van der Waals surface area (Å²) in [5, 5.41) is 11.3. The summed E-state index contributed by atoms with van der Waals surface area (Å²) in [6.07, 6.45) is 0.0800. The third-order valence-electron chi connectivity index (χ3n) is 2.29. The zero-order valence-corrected chi connectivity index (χ0v) is 11.1. The number of carbonyl (C=O) groups is 2. The highest BCUT2D eigenvalue weighted by molar-refractivity contribution is 8.00. The van der Waals surface area contributed by atoms with Gasteiger partial charge >= 0.3 is 5.97 Å². The predicted octanol–water partition coefficient (Wildman–Crippen LogP) is 1.90. The first kappa shape index (κ1) is 14.6. The average molecular weight is 267 g/mol. The van der Waals surface area contributed by atoms with E-state index in [2.05, 4.69) is 5.32 Å². The van der Waals surface area contributed by atoms with Crippen LogP contribution in [0.4, 0.5) is 0 Å². The van der Waals surface area contributed by atoms with E-state index in [0.717, 1.165) is 5.56 Å². The van der Waals surface area contributed by atoms with Crippen molar-refractivity contribution in [2.24, 2.45) is 0 Å². The van der Waals surface area contributed by atoms with Crippen LogP contribution in [0.2, 0.25) is 0 Å². The van der Waals surface area contributed by atoms with Gasteiger partial charge in [0.1, 0.15) is 0 Å². The van der Waals surface area contributed by atoms with Crippen LogP contribution in [0.5, 0.6) is 0 Å². The molecular weight excluding hydrogens is 250 g/mol. The minimum atomic E-state index is -0.834. The minimum Gasteiger partial charge on any atom is -0.481 e. The molecule has 0 radical (unpaired) electrons. The van der Waals surface area contributed by atoms with Crippen LogP contribution >= 0.6 is 11.8 Å². The average Bonchev–Trinajstić information content (AvgIpc) is 2.34. The number of carbonyl (C=O) groups excluding carboxylic acids is 1. The van der Waals surface area contributed by atoms with Crippen molar-refractivity contribution in [2.45, 2.75) is 25.1 Å². The molecule has 0 aliphatic carbocycles. The molecule has 0 heterocycles. The number of nitrogens with one attached hydrogen (secondary N) is 1. The lowest BCUT2D eigenvalue weighted by molar-refractivity contribution is -0.136. The number of benzene rings is 1. The molecule has 0 bridgehead atoms. The van der Waals surface area contributed by atoms with Gasteiger partial charge in [-0.25, -0.2) is 0 Å². The highest BCUT2D eigenvalue weighted by atomic mass is 32.2. The Morgan fingerprint density at radius 1 is 1.33 bits per heavy atom. The highest BCUT2D eigenvalue weighted by Gasteiger charge is 2.10. The first-order chi connectivity index (χ1) is 8.58. The van der Waals surface area contributed by atoms with Crippen LogP contribution in [0.25, 0.3) is 0 Å². The monoisotopic (exact) mass is 267 g/mol. The quantitative estimate of drug-likeness (QED) is 0.792. The van der Waals surface area contributed by atoms with Crippen molar-refractivity contribution in [3.63, 3.8) is 0 Å². The third-order valence-corrected chi connectivity index (χ3v) is 3.46. The molecule has 2 N–H and O–H groups in total. The zero-order valence-electron chi connectivity index (χ0n) is 10.3. The van der Waals surface area contributed by atoms with Gasteiger partial charge in [0, 0.05) is 11.8 Å². The summed E-state index contributed by atoms with van der Waals surface area (Å²) in [7, 11) is 0. The molecule has 98 valence electrons. The van der Waals surface area contributed by atoms with Crippen LogP contribution in [0.1, 0.15) is 18.9 Å². The molecule has 0 saturated carbocycles. The molecule has 0 fully saturated rings. The van der Waals surface area contributed by atoms with E-state index < -0.39 is 5.97 Å². The molecule has 1 amide bonds. The number of aliphatic carboxylic acids is 1. The second kappa shape index (κ2) is 7.76. The van der Waals surface area contributed by atoms with E-state index in [4.69, 9.17) is 5.11 Å². The first-order valence-corrected chi connectivity index (χ1v) is 6.77. The summed E-state index contributed by atoms with van der Waals surface area (Å²) in [5.41, 5.74) is 1.05. The van der Waals surface area contributed by atoms with E-state index >= 15 is 0 Å². The normalized spacial score (nSPS) is 11.8. The molecule has 1 unspecified atom stereocenters. The largest absolute Gasteiger partial charge is 0.481 e. The van der Waals surface area contributed by atoms with Gasteiger partial charge in [0.2, 0.25) is 5.91 Å². The molecule has 1 atom stereocenters. The van der Waals surface area contributed by atoms with Crippen molar-refractivity contribution in [2.75, 3.05) is 5.75 Å². The molecule has 1 aromatic carbocycles. The maximum absolute atomic E-state index is 11.5. The fourth-order valence-electron chi connectivity index (χ4n) is 1.37. The third kappa shape index (κ3) is 6.30. The van der Waals surface area contributed by atoms with Gasteiger partial charge in [0.25, 0.3) is 0 Å². The molecule has 5 heteroatoms. The van der Waals surface area contributed by atoms with Crippen molar-refractivity contribution in [1.82, 2.24) is 5.32 Å². The summed E-state index contributed by atoms with van der Waals surface area (Å²) < 4.78 is 0. The van der Waals surface area contributed by atoms with Gasteiger partial charge in [0.15, 0.2) is 0 Å². The molecule has 0 spiro atoms. The van der Waals surface area contributed by atoms with Crippen LogP contribution in [-0.2, 0) is 16.1 Å². The zero-order chi connectivity index (χ0) is 13.4. The maximum atomic E-state index is 11.5. The van der Waals surface area contributed by atoms with E-state index in [-0.39, 0.29) is 17.6 Å². The van der Waals surface area contributed by atoms with Crippen LogP contribution in [0, 0.1) is 0 Å². The standard InChI is InChI=1S/C13H17NO3S/c1-10(7-13(16)17)18-9-12(15)14-8-11-5-3-2-4-6-11/h2-6,10H,7-9H2,1H3,(H,14,15)(H,16,17). The van der Waals surface area contributed by atoms with E-state index in [1.807, 2.05) is 37.3 Å². The van der Waals surface area contributed by atoms with Gasteiger partial charge in [-0.05, 0) is 5.56 Å². The van der Waals surface area contributed by atoms with Crippen LogP contribution < -0.4 is 5.32 Å². The smallest absolute Gasteiger partial charge is 0.304 e. The van der Waals surface area contributed by atoms with Crippen LogP contribution in [0.3, 0.4) is 0 Å². The molecule has 4 nitrogen and oxygen atoms in total. The van der Waals surface area contributed by atoms with Crippen molar-refractivity contribution in [1.29, 1.82) is 0 Å². The van der Waals surface area contributed by atoms with Gasteiger partial charge in [-0.15, -0.1) is 11.8 Å².